The smallest absolute Gasteiger partial charge is 0.199 e. The number of aryl methyl sites for hydroxylation is 1. The molecule has 0 saturated heterocycles. The lowest BCUT2D eigenvalue weighted by Crippen LogP contribution is -2.15. The molecule has 12 heteroatoms. The Morgan fingerprint density at radius 1 is 1.37 bits per heavy atom. The van der Waals surface area contributed by atoms with Crippen molar-refractivity contribution in [1.82, 2.24) is 20.5 Å². The van der Waals surface area contributed by atoms with Crippen molar-refractivity contribution in [2.75, 3.05) is 12.8 Å². The summed E-state index contributed by atoms with van der Waals surface area (Å²) in [6, 6.07) is 5.69. The van der Waals surface area contributed by atoms with E-state index in [4.69, 9.17) is 16.2 Å². The number of hydrogen-bond donors (Lipinski definition) is 2. The van der Waals surface area contributed by atoms with Crippen molar-refractivity contribution < 1.29 is 9.37 Å². The van der Waals surface area contributed by atoms with E-state index in [-0.39, 0.29) is 17.3 Å². The van der Waals surface area contributed by atoms with E-state index in [1.54, 1.807) is 36.4 Å². The minimum Gasteiger partial charge on any atom is -0.496 e. The summed E-state index contributed by atoms with van der Waals surface area (Å²) >= 11 is 3.15. The van der Waals surface area contributed by atoms with Crippen LogP contribution in [0.1, 0.15) is 21.8 Å². The molecule has 0 amide bonds. The van der Waals surface area contributed by atoms with E-state index in [0.717, 1.165) is 26.2 Å². The van der Waals surface area contributed by atoms with Gasteiger partial charge < -0.3 is 16.2 Å². The predicted molar refractivity (Wildman–Crippen MR) is 104 cm³/mol. The number of ether oxygens (including phenoxy) is 1. The Morgan fingerprint density at radius 2 is 2.22 bits per heavy atom. The van der Waals surface area contributed by atoms with Crippen LogP contribution in [0.2, 0.25) is 0 Å². The van der Waals surface area contributed by atoms with Crippen LogP contribution in [0.15, 0.2) is 37.4 Å². The van der Waals surface area contributed by atoms with Crippen molar-refractivity contribution in [3.8, 4) is 5.75 Å². The average molecular weight is 404 g/mol. The highest BCUT2D eigenvalue weighted by atomic mass is 32.2. The van der Waals surface area contributed by atoms with E-state index in [9.17, 15) is 0 Å². The van der Waals surface area contributed by atoms with Crippen molar-refractivity contribution in [2.24, 2.45) is 15.9 Å². The van der Waals surface area contributed by atoms with Gasteiger partial charge in [0.25, 0.3) is 0 Å². The molecule has 0 saturated carbocycles. The van der Waals surface area contributed by atoms with Gasteiger partial charge in [0.1, 0.15) is 10.8 Å². The van der Waals surface area contributed by atoms with E-state index in [2.05, 4.69) is 35.3 Å². The molecule has 27 heavy (non-hydrogen) atoms. The van der Waals surface area contributed by atoms with E-state index in [0.29, 0.717) is 5.75 Å². The second kappa shape index (κ2) is 8.60. The van der Waals surface area contributed by atoms with Gasteiger partial charge in [0, 0.05) is 11.3 Å². The molecule has 4 N–H and O–H groups in total. The minimum absolute atomic E-state index is 0.0148. The maximum Gasteiger partial charge on any atom is 0.199 e. The lowest BCUT2D eigenvalue weighted by molar-refractivity contribution is 0.308. The molecule has 0 spiro atoms. The van der Waals surface area contributed by atoms with Crippen molar-refractivity contribution in [1.29, 1.82) is 0 Å². The van der Waals surface area contributed by atoms with Gasteiger partial charge in [0.2, 0.25) is 0 Å². The minimum atomic E-state index is 0.0148. The number of nitrogens with two attached hydrogens (primary N) is 2. The summed E-state index contributed by atoms with van der Waals surface area (Å²) in [4.78, 5) is 0. The average Bonchev–Trinajstić information content (AvgIpc) is 3.28. The largest absolute Gasteiger partial charge is 0.496 e. The molecule has 0 atom stereocenters. The molecule has 2 heterocycles. The van der Waals surface area contributed by atoms with Gasteiger partial charge in [-0.15, -0.1) is 15.3 Å². The summed E-state index contributed by atoms with van der Waals surface area (Å²) in [5.74, 6) is 1.54. The van der Waals surface area contributed by atoms with Gasteiger partial charge in [-0.2, -0.15) is 5.10 Å². The fourth-order valence-electron chi connectivity index (χ4n) is 2.05. The lowest BCUT2D eigenvalue weighted by atomic mass is 10.1. The number of rotatable bonds is 7. The molecule has 0 unspecified atom stereocenters. The third-order valence-corrected chi connectivity index (χ3v) is 5.31. The Morgan fingerprint density at radius 3 is 2.89 bits per heavy atom. The van der Waals surface area contributed by atoms with Crippen LogP contribution in [-0.4, -0.2) is 39.7 Å². The van der Waals surface area contributed by atoms with Crippen LogP contribution in [0.3, 0.4) is 0 Å². The van der Waals surface area contributed by atoms with Crippen LogP contribution in [0.5, 0.6) is 5.75 Å². The van der Waals surface area contributed by atoms with Crippen LogP contribution in [0.25, 0.3) is 0 Å². The summed E-state index contributed by atoms with van der Waals surface area (Å²) in [5.41, 5.74) is 13.3. The zero-order valence-electron chi connectivity index (χ0n) is 14.5. The highest BCUT2D eigenvalue weighted by Gasteiger charge is 2.10. The van der Waals surface area contributed by atoms with Crippen molar-refractivity contribution in [2.45, 2.75) is 17.0 Å². The van der Waals surface area contributed by atoms with E-state index in [1.165, 1.54) is 0 Å². The molecule has 2 aromatic heterocycles. The number of aromatic nitrogens is 4. The number of amidine groups is 1. The molecule has 0 aliphatic rings. The SMILES string of the molecule is COc1ccc(/C=N\N=C(\N)c2nonc2N)cc1CSc1nnc(C)s1. The van der Waals surface area contributed by atoms with Crippen LogP contribution < -0.4 is 16.2 Å². The standard InChI is InChI=1S/C15H16N8O2S2/c1-8-19-21-15(27-8)26-7-10-5-9(3-4-11(10)24-2)6-18-20-13(16)12-14(17)23-25-22-12/h3-6H,7H2,1-2H3,(H2,16,20)(H2,17,23)/b18-6-. The number of anilines is 1. The molecule has 0 aliphatic heterocycles. The number of hydrogen-bond acceptors (Lipinski definition) is 11. The first kappa shape index (κ1) is 18.8. The number of nitrogen functional groups attached to an aromatic ring is 1. The number of benzene rings is 1. The third kappa shape index (κ3) is 4.80. The van der Waals surface area contributed by atoms with Gasteiger partial charge in [-0.1, -0.05) is 23.1 Å². The molecule has 0 radical (unpaired) electrons. The predicted octanol–water partition coefficient (Wildman–Crippen LogP) is 1.85. The highest BCUT2D eigenvalue weighted by molar-refractivity contribution is 8.00. The summed E-state index contributed by atoms with van der Waals surface area (Å²) in [6.07, 6.45) is 1.57. The van der Waals surface area contributed by atoms with E-state index in [1.807, 2.05) is 25.1 Å². The molecule has 0 aliphatic carbocycles. The Labute approximate surface area is 162 Å². The maximum atomic E-state index is 5.75. The Bertz CT molecular complexity index is 982. The molecular formula is C15H16N8O2S2. The summed E-state index contributed by atoms with van der Waals surface area (Å²) in [6.45, 7) is 1.92. The van der Waals surface area contributed by atoms with Gasteiger partial charge in [0.15, 0.2) is 21.7 Å². The highest BCUT2D eigenvalue weighted by Crippen LogP contribution is 2.30. The summed E-state index contributed by atoms with van der Waals surface area (Å²) in [7, 11) is 1.63. The van der Waals surface area contributed by atoms with Crippen LogP contribution in [0, 0.1) is 6.92 Å². The Kier molecular flexibility index (Phi) is 5.98. The number of nitrogens with zero attached hydrogens (tertiary/aromatic N) is 6. The third-order valence-electron chi connectivity index (χ3n) is 3.29. The van der Waals surface area contributed by atoms with Crippen molar-refractivity contribution in [3.05, 3.63) is 40.0 Å². The molecule has 1 aromatic carbocycles. The fraction of sp³-hybridized carbons (Fsp3) is 0.200. The van der Waals surface area contributed by atoms with Crippen molar-refractivity contribution in [3.63, 3.8) is 0 Å². The first-order valence-electron chi connectivity index (χ1n) is 7.61. The molecule has 0 fully saturated rings. The van der Waals surface area contributed by atoms with Crippen LogP contribution in [0.4, 0.5) is 5.82 Å². The Balaban J connectivity index is 1.73. The van der Waals surface area contributed by atoms with E-state index < -0.39 is 0 Å². The number of thioether (sulfide) groups is 1. The zero-order valence-corrected chi connectivity index (χ0v) is 16.1. The monoisotopic (exact) mass is 404 g/mol. The van der Waals surface area contributed by atoms with Crippen molar-refractivity contribution >= 4 is 41.0 Å². The zero-order chi connectivity index (χ0) is 19.2. The molecule has 140 valence electrons. The normalized spacial score (nSPS) is 12.0. The van der Waals surface area contributed by atoms with Gasteiger partial charge >= 0.3 is 0 Å². The van der Waals surface area contributed by atoms with Crippen LogP contribution >= 0.6 is 23.1 Å². The molecule has 3 rings (SSSR count). The van der Waals surface area contributed by atoms with Gasteiger partial charge in [-0.25, -0.2) is 4.63 Å². The molecule has 0 bridgehead atoms. The molecular weight excluding hydrogens is 388 g/mol. The van der Waals surface area contributed by atoms with Gasteiger partial charge in [0.05, 0.1) is 13.3 Å². The Hall–Kier alpha value is -2.99. The fourth-order valence-corrected chi connectivity index (χ4v) is 3.84. The first-order chi connectivity index (χ1) is 13.1. The first-order valence-corrected chi connectivity index (χ1v) is 9.41. The molecule has 3 aromatic rings. The van der Waals surface area contributed by atoms with Gasteiger partial charge in [-0.05, 0) is 41.0 Å². The second-order valence-electron chi connectivity index (χ2n) is 5.17. The molecule has 10 nitrogen and oxygen atoms in total. The maximum absolute atomic E-state index is 5.75. The second-order valence-corrected chi connectivity index (χ2v) is 7.58. The summed E-state index contributed by atoms with van der Waals surface area (Å²) < 4.78 is 10.8. The summed E-state index contributed by atoms with van der Waals surface area (Å²) in [5, 5.41) is 23.9. The quantitative estimate of drug-likeness (QED) is 0.260. The van der Waals surface area contributed by atoms with Crippen LogP contribution in [-0.2, 0) is 5.75 Å². The van der Waals surface area contributed by atoms with Gasteiger partial charge in [-0.3, -0.25) is 0 Å². The number of methoxy groups -OCH3 is 1. The topological polar surface area (TPSA) is 151 Å². The lowest BCUT2D eigenvalue weighted by Gasteiger charge is -2.08. The van der Waals surface area contributed by atoms with E-state index >= 15 is 0 Å².